The lowest BCUT2D eigenvalue weighted by Gasteiger charge is -2.37. The van der Waals surface area contributed by atoms with Gasteiger partial charge in [0.15, 0.2) is 23.2 Å². The van der Waals surface area contributed by atoms with E-state index in [1.165, 1.54) is 0 Å². The van der Waals surface area contributed by atoms with Gasteiger partial charge in [0.1, 0.15) is 0 Å². The van der Waals surface area contributed by atoms with Crippen molar-refractivity contribution in [2.75, 3.05) is 40.4 Å². The molecule has 0 aliphatic carbocycles. The van der Waals surface area contributed by atoms with Crippen molar-refractivity contribution in [3.05, 3.63) is 28.8 Å². The smallest absolute Gasteiger partial charge is 0.211 e. The number of ether oxygens (including phenoxy) is 2. The fourth-order valence-corrected chi connectivity index (χ4v) is 2.24. The largest absolute Gasteiger partial charge is 0.456 e. The van der Waals surface area contributed by atoms with Gasteiger partial charge in [-0.05, 0) is 21.0 Å². The molecule has 1 aromatic rings. The average Bonchev–Trinajstić information content (AvgIpc) is 2.51. The lowest BCUT2D eigenvalue weighted by atomic mass is 10.2. The first kappa shape index (κ1) is 17.0. The molecule has 0 amide bonds. The Morgan fingerprint density at radius 1 is 1.00 bits per heavy atom. The van der Waals surface area contributed by atoms with Gasteiger partial charge in [-0.2, -0.15) is 4.39 Å². The number of benzene rings is 1. The van der Waals surface area contributed by atoms with Crippen LogP contribution < -0.4 is 4.74 Å². The van der Waals surface area contributed by atoms with Gasteiger partial charge in [0, 0.05) is 18.7 Å². The first-order chi connectivity index (χ1) is 10.3. The van der Waals surface area contributed by atoms with Gasteiger partial charge in [-0.15, -0.1) is 0 Å². The van der Waals surface area contributed by atoms with Gasteiger partial charge in [-0.25, -0.2) is 13.2 Å². The Hall–Kier alpha value is -1.38. The Bertz CT molecular complexity index is 519. The van der Waals surface area contributed by atoms with Crippen molar-refractivity contribution in [2.45, 2.75) is 13.3 Å². The third-order valence-corrected chi connectivity index (χ3v) is 3.47. The highest BCUT2D eigenvalue weighted by Gasteiger charge is 2.30. The van der Waals surface area contributed by atoms with E-state index in [9.17, 15) is 17.6 Å². The predicted molar refractivity (Wildman–Crippen MR) is 71.5 cm³/mol. The Balaban J connectivity index is 2.34. The molecular formula is C14H18F4N2O2. The minimum absolute atomic E-state index is 0.454. The predicted octanol–water partition coefficient (Wildman–Crippen LogP) is 2.11. The summed E-state index contributed by atoms with van der Waals surface area (Å²) in [7, 11) is 3.31. The Labute approximate surface area is 126 Å². The molecule has 1 aliphatic rings. The van der Waals surface area contributed by atoms with Crippen LogP contribution in [0, 0.1) is 30.2 Å². The normalized spacial score (nSPS) is 17.8. The van der Waals surface area contributed by atoms with Gasteiger partial charge in [0.2, 0.25) is 12.2 Å². The third kappa shape index (κ3) is 3.18. The molecule has 1 heterocycles. The standard InChI is InChI=1S/C14H18F4N2O2/c1-8-9(15)11(17)12(18)13(10(8)16)22-14(19(2)3)20-4-6-21-7-5-20/h14H,4-7H2,1-3H3. The minimum atomic E-state index is -1.74. The lowest BCUT2D eigenvalue weighted by Crippen LogP contribution is -2.53. The molecule has 0 radical (unpaired) electrons. The highest BCUT2D eigenvalue weighted by atomic mass is 19.2. The summed E-state index contributed by atoms with van der Waals surface area (Å²) in [4.78, 5) is 3.37. The van der Waals surface area contributed by atoms with E-state index in [1.807, 2.05) is 0 Å². The van der Waals surface area contributed by atoms with Crippen molar-refractivity contribution in [3.63, 3.8) is 0 Å². The maximum absolute atomic E-state index is 14.1. The number of nitrogens with zero attached hydrogens (tertiary/aromatic N) is 2. The van der Waals surface area contributed by atoms with E-state index in [2.05, 4.69) is 0 Å². The number of morpholine rings is 1. The van der Waals surface area contributed by atoms with Crippen molar-refractivity contribution < 1.29 is 27.0 Å². The van der Waals surface area contributed by atoms with Crippen LogP contribution in [0.15, 0.2) is 0 Å². The van der Waals surface area contributed by atoms with Crippen LogP contribution in [0.3, 0.4) is 0 Å². The number of hydrogen-bond donors (Lipinski definition) is 0. The molecule has 1 saturated heterocycles. The number of halogens is 4. The van der Waals surface area contributed by atoms with Gasteiger partial charge < -0.3 is 9.47 Å². The first-order valence-electron chi connectivity index (χ1n) is 6.82. The fraction of sp³-hybridized carbons (Fsp3) is 0.571. The van der Waals surface area contributed by atoms with Gasteiger partial charge >= 0.3 is 0 Å². The molecular weight excluding hydrogens is 304 g/mol. The van der Waals surface area contributed by atoms with E-state index in [0.717, 1.165) is 6.92 Å². The summed E-state index contributed by atoms with van der Waals surface area (Å²) in [5.41, 5.74) is -0.617. The van der Waals surface area contributed by atoms with E-state index in [-0.39, 0.29) is 0 Å². The maximum Gasteiger partial charge on any atom is 0.211 e. The van der Waals surface area contributed by atoms with Crippen molar-refractivity contribution in [1.29, 1.82) is 0 Å². The SMILES string of the molecule is Cc1c(F)c(F)c(F)c(OC(N(C)C)N2CCOCC2)c1F. The van der Waals surface area contributed by atoms with Gasteiger partial charge in [0.05, 0.1) is 13.2 Å². The lowest BCUT2D eigenvalue weighted by molar-refractivity contribution is -0.110. The molecule has 4 nitrogen and oxygen atoms in total. The summed E-state index contributed by atoms with van der Waals surface area (Å²) < 4.78 is 65.3. The quantitative estimate of drug-likeness (QED) is 0.367. The molecule has 0 aromatic heterocycles. The molecule has 8 heteroatoms. The minimum Gasteiger partial charge on any atom is -0.456 e. The summed E-state index contributed by atoms with van der Waals surface area (Å²) in [6, 6.07) is 0. The van der Waals surface area contributed by atoms with Gasteiger partial charge in [-0.1, -0.05) is 0 Å². The molecule has 0 bridgehead atoms. The molecule has 1 unspecified atom stereocenters. The van der Waals surface area contributed by atoms with Crippen molar-refractivity contribution in [1.82, 2.24) is 9.80 Å². The van der Waals surface area contributed by atoms with E-state index in [4.69, 9.17) is 9.47 Å². The summed E-state index contributed by atoms with van der Waals surface area (Å²) in [6.07, 6.45) is -0.822. The van der Waals surface area contributed by atoms with Crippen LogP contribution in [0.4, 0.5) is 17.6 Å². The van der Waals surface area contributed by atoms with Crippen molar-refractivity contribution in [3.8, 4) is 5.75 Å². The molecule has 1 aromatic carbocycles. The first-order valence-corrected chi connectivity index (χ1v) is 6.82. The van der Waals surface area contributed by atoms with Crippen LogP contribution in [-0.4, -0.2) is 56.6 Å². The monoisotopic (exact) mass is 322 g/mol. The highest BCUT2D eigenvalue weighted by Crippen LogP contribution is 2.31. The second-order valence-corrected chi connectivity index (χ2v) is 5.27. The zero-order valence-electron chi connectivity index (χ0n) is 12.6. The van der Waals surface area contributed by atoms with Crippen LogP contribution >= 0.6 is 0 Å². The van der Waals surface area contributed by atoms with Crippen LogP contribution in [0.5, 0.6) is 5.75 Å². The van der Waals surface area contributed by atoms with Crippen LogP contribution in [0.2, 0.25) is 0 Å². The Morgan fingerprint density at radius 2 is 1.59 bits per heavy atom. The van der Waals surface area contributed by atoms with E-state index >= 15 is 0 Å². The summed E-state index contributed by atoms with van der Waals surface area (Å²) in [5.74, 6) is -7.11. The Kier molecular flexibility index (Phi) is 5.25. The van der Waals surface area contributed by atoms with E-state index in [1.54, 1.807) is 23.9 Å². The summed E-state index contributed by atoms with van der Waals surface area (Å²) in [5, 5.41) is 0. The van der Waals surface area contributed by atoms with Crippen LogP contribution in [0.25, 0.3) is 0 Å². The second-order valence-electron chi connectivity index (χ2n) is 5.27. The zero-order chi connectivity index (χ0) is 16.4. The molecule has 22 heavy (non-hydrogen) atoms. The fourth-order valence-electron chi connectivity index (χ4n) is 2.24. The topological polar surface area (TPSA) is 24.9 Å². The molecule has 2 rings (SSSR count). The zero-order valence-corrected chi connectivity index (χ0v) is 12.6. The molecule has 124 valence electrons. The molecule has 0 N–H and O–H groups in total. The summed E-state index contributed by atoms with van der Waals surface area (Å²) in [6.45, 7) is 2.92. The number of hydrogen-bond acceptors (Lipinski definition) is 4. The Morgan fingerprint density at radius 3 is 2.14 bits per heavy atom. The van der Waals surface area contributed by atoms with Crippen LogP contribution in [0.1, 0.15) is 5.56 Å². The second kappa shape index (κ2) is 6.80. The maximum atomic E-state index is 14.1. The van der Waals surface area contributed by atoms with E-state index in [0.29, 0.717) is 26.3 Å². The van der Waals surface area contributed by atoms with Gasteiger partial charge in [0.25, 0.3) is 0 Å². The molecule has 0 saturated carbocycles. The number of rotatable bonds is 4. The molecule has 0 spiro atoms. The van der Waals surface area contributed by atoms with Crippen LogP contribution in [-0.2, 0) is 4.74 Å². The van der Waals surface area contributed by atoms with Crippen molar-refractivity contribution in [2.24, 2.45) is 0 Å². The summed E-state index contributed by atoms with van der Waals surface area (Å²) >= 11 is 0. The van der Waals surface area contributed by atoms with Gasteiger partial charge in [-0.3, -0.25) is 9.80 Å². The van der Waals surface area contributed by atoms with E-state index < -0.39 is 40.9 Å². The highest BCUT2D eigenvalue weighted by molar-refractivity contribution is 5.34. The molecule has 1 atom stereocenters. The van der Waals surface area contributed by atoms with Crippen molar-refractivity contribution >= 4 is 0 Å². The molecule has 1 fully saturated rings. The molecule has 1 aliphatic heterocycles. The average molecular weight is 322 g/mol. The third-order valence-electron chi connectivity index (χ3n) is 3.47.